The first kappa shape index (κ1) is 30.3. The standard InChI is InChI=1S/C34H50N4O2/c1-27(2)23-33(39)38-18-10-17-35(24-28(3)4)21-22-37(25-31-13-8-9-14-32(31)38)34(40)26-36-19-15-30(16-20-36)29-11-6-5-7-12-29/h5-9,11-14,27-28,30H,10,15-26H2,1-4H3. The lowest BCUT2D eigenvalue weighted by Crippen LogP contribution is -2.45. The van der Waals surface area contributed by atoms with Crippen molar-refractivity contribution in [2.45, 2.75) is 65.8 Å². The average Bonchev–Trinajstić information content (AvgIpc) is 2.96. The van der Waals surface area contributed by atoms with E-state index in [1.165, 1.54) is 5.56 Å². The van der Waals surface area contributed by atoms with Crippen LogP contribution in [0.3, 0.4) is 0 Å². The number of carbonyl (C=O) groups is 2. The van der Waals surface area contributed by atoms with Gasteiger partial charge in [0, 0.05) is 44.8 Å². The number of benzene rings is 2. The van der Waals surface area contributed by atoms with E-state index in [-0.39, 0.29) is 11.8 Å². The van der Waals surface area contributed by atoms with Crippen LogP contribution in [-0.2, 0) is 16.1 Å². The van der Waals surface area contributed by atoms with Gasteiger partial charge in [-0.3, -0.25) is 14.5 Å². The molecule has 0 aliphatic carbocycles. The molecule has 0 radical (unpaired) electrons. The Hall–Kier alpha value is -2.70. The van der Waals surface area contributed by atoms with E-state index in [1.807, 2.05) is 21.9 Å². The molecule has 2 heterocycles. The van der Waals surface area contributed by atoms with Crippen LogP contribution in [0.15, 0.2) is 54.6 Å². The molecule has 2 amide bonds. The van der Waals surface area contributed by atoms with Crippen molar-refractivity contribution in [3.05, 3.63) is 65.7 Å². The highest BCUT2D eigenvalue weighted by Crippen LogP contribution is 2.28. The number of nitrogens with zero attached hydrogens (tertiary/aromatic N) is 4. The van der Waals surface area contributed by atoms with Gasteiger partial charge in [0.2, 0.25) is 11.8 Å². The monoisotopic (exact) mass is 546 g/mol. The maximum absolute atomic E-state index is 13.9. The lowest BCUT2D eigenvalue weighted by atomic mass is 9.89. The number of rotatable bonds is 7. The summed E-state index contributed by atoms with van der Waals surface area (Å²) in [5.74, 6) is 1.81. The van der Waals surface area contributed by atoms with Crippen molar-refractivity contribution in [3.63, 3.8) is 0 Å². The van der Waals surface area contributed by atoms with E-state index in [0.29, 0.717) is 50.4 Å². The van der Waals surface area contributed by atoms with Gasteiger partial charge >= 0.3 is 0 Å². The molecule has 0 unspecified atom stereocenters. The molecule has 1 saturated heterocycles. The third-order valence-electron chi connectivity index (χ3n) is 8.26. The van der Waals surface area contributed by atoms with Crippen LogP contribution in [0, 0.1) is 11.8 Å². The molecular formula is C34H50N4O2. The van der Waals surface area contributed by atoms with Crippen molar-refractivity contribution >= 4 is 17.5 Å². The number of piperidine rings is 1. The number of hydrogen-bond donors (Lipinski definition) is 0. The highest BCUT2D eigenvalue weighted by Gasteiger charge is 2.27. The predicted octanol–water partition coefficient (Wildman–Crippen LogP) is 5.64. The van der Waals surface area contributed by atoms with Crippen LogP contribution in [0.2, 0.25) is 0 Å². The van der Waals surface area contributed by atoms with Gasteiger partial charge in [0.15, 0.2) is 0 Å². The van der Waals surface area contributed by atoms with Gasteiger partial charge < -0.3 is 14.7 Å². The number of carbonyl (C=O) groups excluding carboxylic acids is 2. The molecule has 2 aromatic rings. The minimum atomic E-state index is 0.177. The molecule has 0 bridgehead atoms. The fourth-order valence-corrected chi connectivity index (χ4v) is 6.21. The van der Waals surface area contributed by atoms with Gasteiger partial charge in [-0.2, -0.15) is 0 Å². The highest BCUT2D eigenvalue weighted by molar-refractivity contribution is 5.94. The Morgan fingerprint density at radius 3 is 2.15 bits per heavy atom. The Balaban J connectivity index is 1.50. The van der Waals surface area contributed by atoms with Gasteiger partial charge in [0.1, 0.15) is 0 Å². The number of para-hydroxylation sites is 1. The Bertz CT molecular complexity index is 1080. The predicted molar refractivity (Wildman–Crippen MR) is 164 cm³/mol. The normalized spacial score (nSPS) is 18.6. The minimum Gasteiger partial charge on any atom is -0.336 e. The lowest BCUT2D eigenvalue weighted by Gasteiger charge is -2.34. The summed E-state index contributed by atoms with van der Waals surface area (Å²) in [5, 5.41) is 0. The molecule has 6 heteroatoms. The smallest absolute Gasteiger partial charge is 0.237 e. The van der Waals surface area contributed by atoms with E-state index >= 15 is 0 Å². The quantitative estimate of drug-likeness (QED) is 0.451. The minimum absolute atomic E-state index is 0.177. The number of anilines is 1. The molecule has 2 aliphatic heterocycles. The first-order chi connectivity index (χ1) is 19.3. The second-order valence-corrected chi connectivity index (χ2v) is 12.6. The summed E-state index contributed by atoms with van der Waals surface area (Å²) in [7, 11) is 0. The fourth-order valence-electron chi connectivity index (χ4n) is 6.21. The van der Waals surface area contributed by atoms with Crippen LogP contribution < -0.4 is 4.90 Å². The molecule has 0 atom stereocenters. The maximum Gasteiger partial charge on any atom is 0.237 e. The van der Waals surface area contributed by atoms with Gasteiger partial charge in [0.05, 0.1) is 6.54 Å². The van der Waals surface area contributed by atoms with Crippen LogP contribution in [0.25, 0.3) is 0 Å². The lowest BCUT2D eigenvalue weighted by molar-refractivity contribution is -0.133. The van der Waals surface area contributed by atoms with Gasteiger partial charge in [-0.05, 0) is 73.8 Å². The van der Waals surface area contributed by atoms with E-state index in [4.69, 9.17) is 0 Å². The third kappa shape index (κ3) is 8.65. The summed E-state index contributed by atoms with van der Waals surface area (Å²) >= 11 is 0. The Morgan fingerprint density at radius 2 is 1.45 bits per heavy atom. The van der Waals surface area contributed by atoms with E-state index < -0.39 is 0 Å². The molecule has 0 spiro atoms. The number of hydrogen-bond acceptors (Lipinski definition) is 4. The molecule has 6 nitrogen and oxygen atoms in total. The van der Waals surface area contributed by atoms with Crippen molar-refractivity contribution in [1.82, 2.24) is 14.7 Å². The number of fused-ring (bicyclic) bond motifs is 1. The van der Waals surface area contributed by atoms with Crippen molar-refractivity contribution < 1.29 is 9.59 Å². The van der Waals surface area contributed by atoms with Crippen molar-refractivity contribution in [2.24, 2.45) is 11.8 Å². The summed E-state index contributed by atoms with van der Waals surface area (Å²) in [6, 6.07) is 19.0. The third-order valence-corrected chi connectivity index (χ3v) is 8.26. The zero-order chi connectivity index (χ0) is 28.5. The number of amides is 2. The molecule has 40 heavy (non-hydrogen) atoms. The van der Waals surface area contributed by atoms with Crippen LogP contribution >= 0.6 is 0 Å². The Kier molecular flexibility index (Phi) is 11.2. The molecule has 0 N–H and O–H groups in total. The second kappa shape index (κ2) is 14.8. The Labute approximate surface area is 242 Å². The summed E-state index contributed by atoms with van der Waals surface area (Å²) in [6.45, 7) is 15.8. The zero-order valence-electron chi connectivity index (χ0n) is 25.2. The van der Waals surface area contributed by atoms with E-state index in [0.717, 1.165) is 63.2 Å². The maximum atomic E-state index is 13.9. The molecule has 4 rings (SSSR count). The van der Waals surface area contributed by atoms with Gasteiger partial charge in [0.25, 0.3) is 0 Å². The molecular weight excluding hydrogens is 496 g/mol. The summed E-state index contributed by atoms with van der Waals surface area (Å²) in [6.07, 6.45) is 3.64. The molecule has 0 aromatic heterocycles. The molecule has 218 valence electrons. The average molecular weight is 547 g/mol. The summed E-state index contributed by atoms with van der Waals surface area (Å²) < 4.78 is 0. The molecule has 2 aromatic carbocycles. The van der Waals surface area contributed by atoms with Crippen molar-refractivity contribution in [3.8, 4) is 0 Å². The van der Waals surface area contributed by atoms with Crippen LogP contribution in [0.4, 0.5) is 5.69 Å². The van der Waals surface area contributed by atoms with Crippen LogP contribution in [-0.4, -0.2) is 78.9 Å². The van der Waals surface area contributed by atoms with Crippen molar-refractivity contribution in [2.75, 3.05) is 57.3 Å². The molecule has 0 saturated carbocycles. The second-order valence-electron chi connectivity index (χ2n) is 12.6. The van der Waals surface area contributed by atoms with Crippen molar-refractivity contribution in [1.29, 1.82) is 0 Å². The van der Waals surface area contributed by atoms with E-state index in [9.17, 15) is 9.59 Å². The molecule has 2 aliphatic rings. The SMILES string of the molecule is CC(C)CC(=O)N1CCCN(CC(C)C)CCN(C(=O)CN2CCC(c3ccccc3)CC2)Cc2ccccc21. The van der Waals surface area contributed by atoms with E-state index in [1.54, 1.807) is 0 Å². The highest BCUT2D eigenvalue weighted by atomic mass is 16.2. The topological polar surface area (TPSA) is 47.1 Å². The van der Waals surface area contributed by atoms with Crippen LogP contribution in [0.5, 0.6) is 0 Å². The summed E-state index contributed by atoms with van der Waals surface area (Å²) in [5.41, 5.74) is 3.44. The Morgan fingerprint density at radius 1 is 0.750 bits per heavy atom. The van der Waals surface area contributed by atoms with Gasteiger partial charge in [-0.25, -0.2) is 0 Å². The van der Waals surface area contributed by atoms with Gasteiger partial charge in [-0.1, -0.05) is 76.2 Å². The molecule has 1 fully saturated rings. The fraction of sp³-hybridized carbons (Fsp3) is 0.588. The first-order valence-electron chi connectivity index (χ1n) is 15.5. The first-order valence-corrected chi connectivity index (χ1v) is 15.5. The van der Waals surface area contributed by atoms with Crippen LogP contribution in [0.1, 0.15) is 70.4 Å². The van der Waals surface area contributed by atoms with E-state index in [2.05, 4.69) is 80.0 Å². The largest absolute Gasteiger partial charge is 0.336 e. The zero-order valence-corrected chi connectivity index (χ0v) is 25.2. The van der Waals surface area contributed by atoms with Gasteiger partial charge in [-0.15, -0.1) is 0 Å². The summed E-state index contributed by atoms with van der Waals surface area (Å²) in [4.78, 5) is 36.1. The number of likely N-dealkylation sites (tertiary alicyclic amines) is 1.